The van der Waals surface area contributed by atoms with Crippen LogP contribution in [0.2, 0.25) is 0 Å². The van der Waals surface area contributed by atoms with Gasteiger partial charge in [-0.2, -0.15) is 5.10 Å². The summed E-state index contributed by atoms with van der Waals surface area (Å²) in [7, 11) is 1.67. The quantitative estimate of drug-likeness (QED) is 0.201. The average Bonchev–Trinajstić information content (AvgIpc) is 3.21. The van der Waals surface area contributed by atoms with Crippen LogP contribution in [0.5, 0.6) is 0 Å². The van der Waals surface area contributed by atoms with E-state index in [0.717, 1.165) is 28.6 Å². The molecule has 9 heteroatoms. The lowest BCUT2D eigenvalue weighted by Crippen LogP contribution is -2.64. The molecule has 2 unspecified atom stereocenters. The Bertz CT molecular complexity index is 917. The molecule has 3 rings (SSSR count). The number of nitrogens with zero attached hydrogens (tertiary/aromatic N) is 4. The van der Waals surface area contributed by atoms with Gasteiger partial charge in [0.1, 0.15) is 0 Å². The van der Waals surface area contributed by atoms with Crippen LogP contribution in [0.3, 0.4) is 0 Å². The Balaban J connectivity index is 1.57. The zero-order chi connectivity index (χ0) is 25.2. The first-order valence-electron chi connectivity index (χ1n) is 12.9. The molecule has 2 N–H and O–H groups in total. The summed E-state index contributed by atoms with van der Waals surface area (Å²) < 4.78 is 1.01. The third kappa shape index (κ3) is 7.53. The van der Waals surface area contributed by atoms with Crippen LogP contribution >= 0.6 is 15.9 Å². The van der Waals surface area contributed by atoms with Crippen LogP contribution in [-0.4, -0.2) is 59.2 Å². The first kappa shape index (κ1) is 27.2. The molecule has 192 valence electrons. The molecule has 0 aliphatic carbocycles. The Morgan fingerprint density at radius 1 is 1.03 bits per heavy atom. The number of urea groups is 1. The molecule has 1 saturated heterocycles. The number of hydrogen-bond donors (Lipinski definition) is 2. The van der Waals surface area contributed by atoms with Gasteiger partial charge in [-0.05, 0) is 31.0 Å². The third-order valence-corrected chi connectivity index (χ3v) is 7.23. The Labute approximate surface area is 217 Å². The van der Waals surface area contributed by atoms with Crippen molar-refractivity contribution in [2.45, 2.75) is 90.3 Å². The highest BCUT2D eigenvalue weighted by Gasteiger charge is 2.48. The van der Waals surface area contributed by atoms with Crippen molar-refractivity contribution in [1.29, 1.82) is 0 Å². The Hall–Kier alpha value is -2.42. The second-order valence-electron chi connectivity index (χ2n) is 9.41. The van der Waals surface area contributed by atoms with E-state index in [1.54, 1.807) is 7.05 Å². The van der Waals surface area contributed by atoms with Gasteiger partial charge in [0.25, 0.3) is 5.91 Å². The Morgan fingerprint density at radius 2 is 1.63 bits per heavy atom. The van der Waals surface area contributed by atoms with Crippen LogP contribution < -0.4 is 10.7 Å². The van der Waals surface area contributed by atoms with E-state index in [1.165, 1.54) is 56.3 Å². The van der Waals surface area contributed by atoms with Crippen LogP contribution in [0.1, 0.15) is 83.6 Å². The van der Waals surface area contributed by atoms with Gasteiger partial charge in [0, 0.05) is 18.1 Å². The molecule has 2 heterocycles. The number of halogens is 1. The maximum atomic E-state index is 12.7. The fraction of sp³-hybridized carbons (Fsp3) is 0.615. The van der Waals surface area contributed by atoms with E-state index in [4.69, 9.17) is 0 Å². The van der Waals surface area contributed by atoms with Crippen LogP contribution in [0, 0.1) is 0 Å². The fourth-order valence-electron chi connectivity index (χ4n) is 4.52. The molecule has 0 radical (unpaired) electrons. The van der Waals surface area contributed by atoms with Crippen molar-refractivity contribution in [1.82, 2.24) is 20.5 Å². The summed E-state index contributed by atoms with van der Waals surface area (Å²) in [5.74, 6) is 0.225. The number of fused-ring (bicyclic) bond motifs is 1. The number of benzene rings is 1. The molecule has 2 aliphatic rings. The van der Waals surface area contributed by atoms with Crippen LogP contribution in [0.25, 0.3) is 0 Å². The highest BCUT2D eigenvalue weighted by molar-refractivity contribution is 9.10. The number of hydrazone groups is 1. The van der Waals surface area contributed by atoms with E-state index in [2.05, 4.69) is 43.7 Å². The summed E-state index contributed by atoms with van der Waals surface area (Å²) in [4.78, 5) is 33.0. The number of rotatable bonds is 13. The molecular weight excluding hydrogens is 508 g/mol. The topological polar surface area (TPSA) is 89.4 Å². The van der Waals surface area contributed by atoms with E-state index < -0.39 is 18.2 Å². The second-order valence-corrected chi connectivity index (χ2v) is 10.3. The van der Waals surface area contributed by atoms with Gasteiger partial charge in [0.05, 0.1) is 5.71 Å². The number of nitrogens with one attached hydrogen (secondary N) is 2. The number of carbonyl (C=O) groups is 2. The van der Waals surface area contributed by atoms with Crippen molar-refractivity contribution in [3.05, 3.63) is 34.3 Å². The standard InChI is InChI=1S/C26H39BrN6O2/c1-4-5-6-7-8-9-10-11-12-13-18-33-22-23(32(3)26(35)29-24(22)34)28-25(33)31-30-19(2)20-14-16-21(27)17-15-20/h14-17,22-23H,4-13,18H2,1-3H3,(H,28,31)(H,29,34,35)/b30-19-. The fourth-order valence-corrected chi connectivity index (χ4v) is 4.79. The molecule has 0 bridgehead atoms. The lowest BCUT2D eigenvalue weighted by Gasteiger charge is -2.36. The van der Waals surface area contributed by atoms with Crippen LogP contribution in [0.15, 0.2) is 38.8 Å². The summed E-state index contributed by atoms with van der Waals surface area (Å²) in [5, 5.41) is 6.98. The largest absolute Gasteiger partial charge is 0.326 e. The molecule has 2 aliphatic heterocycles. The third-order valence-electron chi connectivity index (χ3n) is 6.70. The molecule has 1 aromatic carbocycles. The molecule has 0 aromatic heterocycles. The predicted octanol–water partition coefficient (Wildman–Crippen LogP) is 5.23. The van der Waals surface area contributed by atoms with Crippen LogP contribution in [-0.2, 0) is 4.79 Å². The molecule has 1 aromatic rings. The SMILES string of the molecule is CCCCCCCCCCCCN1C(N/N=C(/C)c2ccc(Br)cc2)=NC2C1C(=O)NC(=O)N2C. The summed E-state index contributed by atoms with van der Waals surface area (Å²) in [5.41, 5.74) is 4.87. The minimum atomic E-state index is -0.551. The monoisotopic (exact) mass is 546 g/mol. The maximum absolute atomic E-state index is 12.7. The number of likely N-dealkylation sites (N-methyl/N-ethyl adjacent to an activating group) is 1. The zero-order valence-corrected chi connectivity index (χ0v) is 22.8. The molecule has 0 saturated carbocycles. The number of carbonyl (C=O) groups excluding carboxylic acids is 2. The predicted molar refractivity (Wildman–Crippen MR) is 144 cm³/mol. The molecule has 2 atom stereocenters. The summed E-state index contributed by atoms with van der Waals surface area (Å²) in [6, 6.07) is 6.96. The lowest BCUT2D eigenvalue weighted by molar-refractivity contribution is -0.127. The summed E-state index contributed by atoms with van der Waals surface area (Å²) >= 11 is 3.45. The number of unbranched alkanes of at least 4 members (excludes halogenated alkanes) is 9. The van der Waals surface area contributed by atoms with Gasteiger partial charge < -0.3 is 9.80 Å². The lowest BCUT2D eigenvalue weighted by atomic mass is 10.1. The summed E-state index contributed by atoms with van der Waals surface area (Å²) in [6.07, 6.45) is 11.9. The average molecular weight is 548 g/mol. The molecule has 35 heavy (non-hydrogen) atoms. The normalized spacial score (nSPS) is 20.1. The first-order chi connectivity index (χ1) is 16.9. The highest BCUT2D eigenvalue weighted by Crippen LogP contribution is 2.24. The van der Waals surface area contributed by atoms with Gasteiger partial charge in [-0.1, -0.05) is 92.8 Å². The van der Waals surface area contributed by atoms with Gasteiger partial charge in [0.2, 0.25) is 5.96 Å². The number of guanidine groups is 1. The zero-order valence-electron chi connectivity index (χ0n) is 21.2. The molecule has 3 amide bonds. The van der Waals surface area contributed by atoms with Crippen molar-refractivity contribution in [2.24, 2.45) is 10.1 Å². The Kier molecular flexibility index (Phi) is 10.6. The van der Waals surface area contributed by atoms with Crippen molar-refractivity contribution >= 4 is 39.5 Å². The molecule has 0 spiro atoms. The summed E-state index contributed by atoms with van der Waals surface area (Å²) in [6.45, 7) is 4.86. The number of imide groups is 1. The first-order valence-corrected chi connectivity index (χ1v) is 13.7. The van der Waals surface area contributed by atoms with Gasteiger partial charge in [-0.15, -0.1) is 0 Å². The van der Waals surface area contributed by atoms with Gasteiger partial charge in [0.15, 0.2) is 12.2 Å². The van der Waals surface area contributed by atoms with Crippen molar-refractivity contribution in [2.75, 3.05) is 13.6 Å². The number of aliphatic imine (C=N–C) groups is 1. The molecule has 1 fully saturated rings. The highest BCUT2D eigenvalue weighted by atomic mass is 79.9. The number of hydrogen-bond acceptors (Lipinski definition) is 6. The molecule has 8 nitrogen and oxygen atoms in total. The van der Waals surface area contributed by atoms with E-state index in [0.29, 0.717) is 12.5 Å². The minimum Gasteiger partial charge on any atom is -0.326 e. The van der Waals surface area contributed by atoms with Gasteiger partial charge >= 0.3 is 6.03 Å². The Morgan fingerprint density at radius 3 is 2.26 bits per heavy atom. The van der Waals surface area contributed by atoms with E-state index >= 15 is 0 Å². The smallest absolute Gasteiger partial charge is 0.325 e. The van der Waals surface area contributed by atoms with E-state index in [9.17, 15) is 9.59 Å². The second kappa shape index (κ2) is 13.6. The van der Waals surface area contributed by atoms with Gasteiger partial charge in [-0.3, -0.25) is 10.1 Å². The van der Waals surface area contributed by atoms with Crippen molar-refractivity contribution < 1.29 is 9.59 Å². The van der Waals surface area contributed by atoms with Crippen LogP contribution in [0.4, 0.5) is 4.79 Å². The minimum absolute atomic E-state index is 0.306. The molecular formula is C26H39BrN6O2. The van der Waals surface area contributed by atoms with E-state index in [-0.39, 0.29) is 5.91 Å². The maximum Gasteiger partial charge on any atom is 0.325 e. The van der Waals surface area contributed by atoms with Crippen molar-refractivity contribution in [3.8, 4) is 0 Å². The van der Waals surface area contributed by atoms with E-state index in [1.807, 2.05) is 36.1 Å². The van der Waals surface area contributed by atoms with Crippen molar-refractivity contribution in [3.63, 3.8) is 0 Å². The van der Waals surface area contributed by atoms with Gasteiger partial charge in [-0.25, -0.2) is 15.2 Å². The number of amides is 3.